The van der Waals surface area contributed by atoms with Crippen LogP contribution in [0.2, 0.25) is 0 Å². The minimum absolute atomic E-state index is 0.179. The summed E-state index contributed by atoms with van der Waals surface area (Å²) in [6.07, 6.45) is -0.136. The van der Waals surface area contributed by atoms with Gasteiger partial charge in [0, 0.05) is 10.8 Å². The van der Waals surface area contributed by atoms with Crippen molar-refractivity contribution >= 4 is 34.7 Å². The van der Waals surface area contributed by atoms with E-state index >= 15 is 0 Å². The van der Waals surface area contributed by atoms with Gasteiger partial charge >= 0.3 is 12.1 Å². The van der Waals surface area contributed by atoms with Crippen molar-refractivity contribution in [3.05, 3.63) is 35.9 Å². The Morgan fingerprint density at radius 1 is 1.50 bits per heavy atom. The summed E-state index contributed by atoms with van der Waals surface area (Å²) >= 11 is 2.16. The summed E-state index contributed by atoms with van der Waals surface area (Å²) in [6.45, 7) is 2.03. The van der Waals surface area contributed by atoms with E-state index in [0.717, 1.165) is 5.56 Å². The molecule has 0 aliphatic carbocycles. The molecule has 6 heteroatoms. The van der Waals surface area contributed by atoms with Crippen LogP contribution in [0.15, 0.2) is 30.3 Å². The lowest BCUT2D eigenvalue weighted by molar-refractivity contribution is -0.146. The number of rotatable bonds is 4. The molecule has 2 rings (SSSR count). The van der Waals surface area contributed by atoms with E-state index < -0.39 is 23.7 Å². The van der Waals surface area contributed by atoms with E-state index in [9.17, 15) is 9.59 Å². The summed E-state index contributed by atoms with van der Waals surface area (Å²) in [5.41, 5.74) is 0.392. The van der Waals surface area contributed by atoms with Gasteiger partial charge in [0.15, 0.2) is 0 Å². The highest BCUT2D eigenvalue weighted by molar-refractivity contribution is 14.1. The van der Waals surface area contributed by atoms with Gasteiger partial charge in [-0.15, -0.1) is 0 Å². The molecule has 108 valence electrons. The van der Waals surface area contributed by atoms with Gasteiger partial charge in [0.1, 0.15) is 18.2 Å². The molecule has 1 aromatic carbocycles. The lowest BCUT2D eigenvalue weighted by Crippen LogP contribution is -2.38. The topological polar surface area (TPSA) is 64.6 Å². The standard InChI is InChI=1S/C14H16INO4/c1-14(9-15)7-11(12(17)20-14)16-13(18)19-8-10-5-3-2-4-6-10/h2-6,11H,7-9H2,1H3,(H,16,18)/t11-,14+/m1/s1. The molecule has 1 amide bonds. The maximum Gasteiger partial charge on any atom is 0.408 e. The van der Waals surface area contributed by atoms with E-state index in [-0.39, 0.29) is 6.61 Å². The number of ether oxygens (including phenoxy) is 2. The van der Waals surface area contributed by atoms with Crippen LogP contribution in [0.25, 0.3) is 0 Å². The molecule has 0 aromatic heterocycles. The van der Waals surface area contributed by atoms with Gasteiger partial charge in [-0.05, 0) is 12.5 Å². The molecule has 1 aromatic rings. The molecule has 20 heavy (non-hydrogen) atoms. The normalized spacial score (nSPS) is 25.1. The van der Waals surface area contributed by atoms with Crippen molar-refractivity contribution in [2.75, 3.05) is 4.43 Å². The summed E-state index contributed by atoms with van der Waals surface area (Å²) in [4.78, 5) is 23.3. The van der Waals surface area contributed by atoms with Gasteiger partial charge in [-0.1, -0.05) is 52.9 Å². The molecule has 0 radical (unpaired) electrons. The molecule has 0 spiro atoms. The molecule has 1 aliphatic rings. The highest BCUT2D eigenvalue weighted by Crippen LogP contribution is 2.28. The lowest BCUT2D eigenvalue weighted by Gasteiger charge is -2.18. The van der Waals surface area contributed by atoms with Gasteiger partial charge in [-0.2, -0.15) is 0 Å². The molecule has 1 fully saturated rings. The molecule has 1 N–H and O–H groups in total. The van der Waals surface area contributed by atoms with Crippen LogP contribution in [0.3, 0.4) is 0 Å². The maximum absolute atomic E-state index is 11.7. The van der Waals surface area contributed by atoms with Gasteiger partial charge in [0.05, 0.1) is 0 Å². The third kappa shape index (κ3) is 3.84. The molecule has 0 bridgehead atoms. The Labute approximate surface area is 131 Å². The number of cyclic esters (lactones) is 1. The molecule has 0 unspecified atom stereocenters. The second kappa shape index (κ2) is 6.43. The third-order valence-corrected chi connectivity index (χ3v) is 4.67. The quantitative estimate of drug-likeness (QED) is 0.488. The van der Waals surface area contributed by atoms with Crippen molar-refractivity contribution in [2.24, 2.45) is 0 Å². The Kier molecular flexibility index (Phi) is 4.85. The Morgan fingerprint density at radius 2 is 2.20 bits per heavy atom. The number of alkyl halides is 1. The van der Waals surface area contributed by atoms with Crippen molar-refractivity contribution in [3.8, 4) is 0 Å². The second-order valence-electron chi connectivity index (χ2n) is 4.97. The van der Waals surface area contributed by atoms with Crippen LogP contribution < -0.4 is 5.32 Å². The fraction of sp³-hybridized carbons (Fsp3) is 0.429. The number of nitrogens with one attached hydrogen (secondary N) is 1. The number of hydrogen-bond donors (Lipinski definition) is 1. The van der Waals surface area contributed by atoms with Crippen LogP contribution in [-0.2, 0) is 20.9 Å². The van der Waals surface area contributed by atoms with Crippen molar-refractivity contribution in [1.82, 2.24) is 5.32 Å². The van der Waals surface area contributed by atoms with Crippen molar-refractivity contribution in [2.45, 2.75) is 31.6 Å². The van der Waals surface area contributed by atoms with E-state index in [1.807, 2.05) is 37.3 Å². The minimum atomic E-state index is -0.627. The first-order valence-electron chi connectivity index (χ1n) is 6.28. The van der Waals surface area contributed by atoms with Gasteiger partial charge in [0.25, 0.3) is 0 Å². The van der Waals surface area contributed by atoms with E-state index in [4.69, 9.17) is 9.47 Å². The van der Waals surface area contributed by atoms with Crippen molar-refractivity contribution in [3.63, 3.8) is 0 Å². The zero-order chi connectivity index (χ0) is 14.6. The average molecular weight is 389 g/mol. The average Bonchev–Trinajstić information content (AvgIpc) is 2.73. The molecule has 1 aliphatic heterocycles. The smallest absolute Gasteiger partial charge is 0.408 e. The van der Waals surface area contributed by atoms with E-state index in [2.05, 4.69) is 27.9 Å². The van der Waals surface area contributed by atoms with E-state index in [1.54, 1.807) is 0 Å². The number of halogens is 1. The van der Waals surface area contributed by atoms with Gasteiger partial charge in [-0.3, -0.25) is 0 Å². The number of amides is 1. The Morgan fingerprint density at radius 3 is 2.80 bits per heavy atom. The minimum Gasteiger partial charge on any atom is -0.457 e. The molecule has 1 heterocycles. The van der Waals surface area contributed by atoms with Crippen LogP contribution in [-0.4, -0.2) is 28.1 Å². The fourth-order valence-electron chi connectivity index (χ4n) is 1.97. The molecule has 2 atom stereocenters. The number of esters is 1. The zero-order valence-corrected chi connectivity index (χ0v) is 13.3. The van der Waals surface area contributed by atoms with Crippen LogP contribution in [0.5, 0.6) is 0 Å². The molecular weight excluding hydrogens is 373 g/mol. The predicted molar refractivity (Wildman–Crippen MR) is 81.6 cm³/mol. The number of alkyl carbamates (subject to hydrolysis) is 1. The number of hydrogen-bond acceptors (Lipinski definition) is 4. The highest BCUT2D eigenvalue weighted by Gasteiger charge is 2.43. The Balaban J connectivity index is 1.82. The summed E-state index contributed by atoms with van der Waals surface area (Å²) in [6, 6.07) is 8.74. The van der Waals surface area contributed by atoms with Crippen LogP contribution in [0, 0.1) is 0 Å². The molecular formula is C14H16INO4. The zero-order valence-electron chi connectivity index (χ0n) is 11.1. The van der Waals surface area contributed by atoms with Crippen LogP contribution >= 0.6 is 22.6 Å². The Bertz CT molecular complexity index is 493. The summed E-state index contributed by atoms with van der Waals surface area (Å²) in [7, 11) is 0. The first-order valence-corrected chi connectivity index (χ1v) is 7.81. The van der Waals surface area contributed by atoms with Gasteiger partial charge in [-0.25, -0.2) is 9.59 Å². The fourth-order valence-corrected chi connectivity index (χ4v) is 2.44. The number of carbonyl (C=O) groups is 2. The van der Waals surface area contributed by atoms with Crippen LogP contribution in [0.4, 0.5) is 4.79 Å². The number of carbonyl (C=O) groups excluding carboxylic acids is 2. The molecule has 0 saturated carbocycles. The predicted octanol–water partition coefficient (Wildman–Crippen LogP) is 2.42. The number of benzene rings is 1. The first-order chi connectivity index (χ1) is 9.52. The second-order valence-corrected chi connectivity index (χ2v) is 5.73. The summed E-state index contributed by atoms with van der Waals surface area (Å²) < 4.78 is 11.0. The highest BCUT2D eigenvalue weighted by atomic mass is 127. The van der Waals surface area contributed by atoms with Crippen LogP contribution in [0.1, 0.15) is 18.9 Å². The maximum atomic E-state index is 11.7. The molecule has 1 saturated heterocycles. The Hall–Kier alpha value is -1.31. The van der Waals surface area contributed by atoms with Gasteiger partial charge in [0.2, 0.25) is 0 Å². The largest absolute Gasteiger partial charge is 0.457 e. The monoisotopic (exact) mass is 389 g/mol. The third-order valence-electron chi connectivity index (χ3n) is 3.05. The SMILES string of the molecule is C[C@@]1(CI)C[C@@H](NC(=O)OCc2ccccc2)C(=O)O1. The van der Waals surface area contributed by atoms with Crippen molar-refractivity contribution < 1.29 is 19.1 Å². The van der Waals surface area contributed by atoms with Gasteiger partial charge < -0.3 is 14.8 Å². The van der Waals surface area contributed by atoms with E-state index in [1.165, 1.54) is 0 Å². The summed E-state index contributed by atoms with van der Waals surface area (Å²) in [5, 5.41) is 2.55. The lowest BCUT2D eigenvalue weighted by atomic mass is 10.0. The van der Waals surface area contributed by atoms with Crippen molar-refractivity contribution in [1.29, 1.82) is 0 Å². The molecule has 5 nitrogen and oxygen atoms in total. The summed E-state index contributed by atoms with van der Waals surface area (Å²) in [5.74, 6) is -0.402. The first kappa shape index (κ1) is 15.1. The van der Waals surface area contributed by atoms with E-state index in [0.29, 0.717) is 10.8 Å².